The van der Waals surface area contributed by atoms with E-state index < -0.39 is 0 Å². The average Bonchev–Trinajstić information content (AvgIpc) is 2.53. The van der Waals surface area contributed by atoms with E-state index in [1.165, 1.54) is 0 Å². The van der Waals surface area contributed by atoms with E-state index in [0.717, 1.165) is 23.5 Å². The number of carbonyl (C=O) groups is 1. The summed E-state index contributed by atoms with van der Waals surface area (Å²) < 4.78 is 2.00. The minimum absolute atomic E-state index is 0.00109. The van der Waals surface area contributed by atoms with Crippen LogP contribution < -0.4 is 11.1 Å². The molecule has 0 fully saturated rings. The highest BCUT2D eigenvalue weighted by Gasteiger charge is 2.17. The zero-order chi connectivity index (χ0) is 15.5. The molecular formula is C15H28N4O. The lowest BCUT2D eigenvalue weighted by Crippen LogP contribution is -2.45. The molecule has 0 atom stereocenters. The molecule has 5 nitrogen and oxygen atoms in total. The smallest absolute Gasteiger partial charge is 0.224 e. The van der Waals surface area contributed by atoms with Gasteiger partial charge in [0.05, 0.1) is 12.1 Å². The highest BCUT2D eigenvalue weighted by atomic mass is 16.1. The number of aryl methyl sites for hydroxylation is 1. The first-order valence-corrected chi connectivity index (χ1v) is 7.18. The predicted octanol–water partition coefficient (Wildman–Crippen LogP) is 1.55. The van der Waals surface area contributed by atoms with E-state index in [9.17, 15) is 4.79 Å². The third-order valence-electron chi connectivity index (χ3n) is 3.15. The Hall–Kier alpha value is -1.36. The summed E-state index contributed by atoms with van der Waals surface area (Å²) in [5.41, 5.74) is 8.52. The van der Waals surface area contributed by atoms with Crippen molar-refractivity contribution in [2.45, 2.75) is 60.0 Å². The van der Waals surface area contributed by atoms with Gasteiger partial charge in [-0.15, -0.1) is 0 Å². The minimum Gasteiger partial charge on any atom is -0.354 e. The molecular weight excluding hydrogens is 252 g/mol. The number of aromatic nitrogens is 2. The predicted molar refractivity (Wildman–Crippen MR) is 81.5 cm³/mol. The zero-order valence-electron chi connectivity index (χ0n) is 13.6. The SMILES string of the molecule is Cc1nn(CC(C)C)c(C)c1CC(=O)NCC(C)(C)N. The maximum atomic E-state index is 12.0. The fourth-order valence-corrected chi connectivity index (χ4v) is 2.06. The zero-order valence-corrected chi connectivity index (χ0v) is 13.6. The van der Waals surface area contributed by atoms with Crippen molar-refractivity contribution < 1.29 is 4.79 Å². The second-order valence-electron chi connectivity index (χ2n) is 6.67. The van der Waals surface area contributed by atoms with Gasteiger partial charge in [0, 0.05) is 29.9 Å². The lowest BCUT2D eigenvalue weighted by molar-refractivity contribution is -0.120. The van der Waals surface area contributed by atoms with Crippen LogP contribution in [0.4, 0.5) is 0 Å². The minimum atomic E-state index is -0.387. The van der Waals surface area contributed by atoms with E-state index in [1.807, 2.05) is 32.4 Å². The molecule has 5 heteroatoms. The van der Waals surface area contributed by atoms with E-state index in [2.05, 4.69) is 24.3 Å². The summed E-state index contributed by atoms with van der Waals surface area (Å²) in [5, 5.41) is 7.40. The quantitative estimate of drug-likeness (QED) is 0.830. The van der Waals surface area contributed by atoms with Gasteiger partial charge in [-0.1, -0.05) is 13.8 Å². The van der Waals surface area contributed by atoms with Gasteiger partial charge in [-0.25, -0.2) is 0 Å². The molecule has 0 aliphatic rings. The number of hydrogen-bond donors (Lipinski definition) is 2. The van der Waals surface area contributed by atoms with Crippen LogP contribution in [0.2, 0.25) is 0 Å². The van der Waals surface area contributed by atoms with Crippen molar-refractivity contribution in [2.75, 3.05) is 6.54 Å². The molecule has 1 aromatic rings. The van der Waals surface area contributed by atoms with Crippen LogP contribution in [-0.4, -0.2) is 27.8 Å². The van der Waals surface area contributed by atoms with Crippen LogP contribution in [0.25, 0.3) is 0 Å². The number of rotatable bonds is 6. The van der Waals surface area contributed by atoms with Gasteiger partial charge in [-0.3, -0.25) is 9.48 Å². The normalized spacial score (nSPS) is 12.0. The van der Waals surface area contributed by atoms with Gasteiger partial charge in [0.2, 0.25) is 5.91 Å². The molecule has 20 heavy (non-hydrogen) atoms. The van der Waals surface area contributed by atoms with Gasteiger partial charge in [0.15, 0.2) is 0 Å². The fraction of sp³-hybridized carbons (Fsp3) is 0.733. The third-order valence-corrected chi connectivity index (χ3v) is 3.15. The molecule has 0 unspecified atom stereocenters. The van der Waals surface area contributed by atoms with E-state index in [1.54, 1.807) is 0 Å². The first-order valence-electron chi connectivity index (χ1n) is 7.18. The van der Waals surface area contributed by atoms with Crippen LogP contribution in [0.5, 0.6) is 0 Å². The summed E-state index contributed by atoms with van der Waals surface area (Å²) >= 11 is 0. The molecule has 0 spiro atoms. The Kier molecular flexibility index (Phi) is 5.34. The Morgan fingerprint density at radius 3 is 2.50 bits per heavy atom. The van der Waals surface area contributed by atoms with Crippen molar-refractivity contribution in [2.24, 2.45) is 11.7 Å². The number of nitrogens with zero attached hydrogens (tertiary/aromatic N) is 2. The second kappa shape index (κ2) is 6.39. The Labute approximate surface area is 121 Å². The van der Waals surface area contributed by atoms with Crippen LogP contribution in [0, 0.1) is 19.8 Å². The first-order chi connectivity index (χ1) is 9.10. The van der Waals surface area contributed by atoms with Gasteiger partial charge in [-0.05, 0) is 33.6 Å². The summed E-state index contributed by atoms with van der Waals surface area (Å²) in [4.78, 5) is 12.0. The maximum absolute atomic E-state index is 12.0. The Morgan fingerprint density at radius 2 is 2.00 bits per heavy atom. The monoisotopic (exact) mass is 280 g/mol. The highest BCUT2D eigenvalue weighted by Crippen LogP contribution is 2.15. The molecule has 1 heterocycles. The van der Waals surface area contributed by atoms with Gasteiger partial charge in [0.25, 0.3) is 0 Å². The van der Waals surface area contributed by atoms with Gasteiger partial charge >= 0.3 is 0 Å². The summed E-state index contributed by atoms with van der Waals surface area (Å²) in [6.45, 7) is 13.4. The molecule has 3 N–H and O–H groups in total. The van der Waals surface area contributed by atoms with Crippen LogP contribution in [0.1, 0.15) is 44.6 Å². The van der Waals surface area contributed by atoms with Crippen LogP contribution >= 0.6 is 0 Å². The molecule has 0 bridgehead atoms. The molecule has 114 valence electrons. The van der Waals surface area contributed by atoms with Gasteiger partial charge in [0.1, 0.15) is 0 Å². The molecule has 1 amide bonds. The number of carbonyl (C=O) groups excluding carboxylic acids is 1. The molecule has 1 aromatic heterocycles. The number of nitrogens with one attached hydrogen (secondary N) is 1. The first kappa shape index (κ1) is 16.7. The standard InChI is InChI=1S/C15H28N4O/c1-10(2)8-19-12(4)13(11(3)18-19)7-14(20)17-9-15(5,6)16/h10H,7-9,16H2,1-6H3,(H,17,20). The van der Waals surface area contributed by atoms with Crippen LogP contribution in [0.15, 0.2) is 0 Å². The molecule has 0 saturated carbocycles. The van der Waals surface area contributed by atoms with Gasteiger partial charge < -0.3 is 11.1 Å². The van der Waals surface area contributed by atoms with E-state index in [-0.39, 0.29) is 11.4 Å². The average molecular weight is 280 g/mol. The van der Waals surface area contributed by atoms with E-state index >= 15 is 0 Å². The molecule has 0 aliphatic heterocycles. The molecule has 0 aromatic carbocycles. The van der Waals surface area contributed by atoms with Crippen LogP contribution in [-0.2, 0) is 17.8 Å². The van der Waals surface area contributed by atoms with Crippen molar-refractivity contribution in [1.82, 2.24) is 15.1 Å². The Balaban J connectivity index is 2.73. The van der Waals surface area contributed by atoms with Crippen molar-refractivity contribution >= 4 is 5.91 Å². The summed E-state index contributed by atoms with van der Waals surface area (Å²) in [6.07, 6.45) is 0.367. The van der Waals surface area contributed by atoms with Crippen molar-refractivity contribution in [3.63, 3.8) is 0 Å². The maximum Gasteiger partial charge on any atom is 0.224 e. The van der Waals surface area contributed by atoms with Crippen LogP contribution in [0.3, 0.4) is 0 Å². The third kappa shape index (κ3) is 4.96. The fourth-order valence-electron chi connectivity index (χ4n) is 2.06. The summed E-state index contributed by atoms with van der Waals surface area (Å²) in [7, 11) is 0. The van der Waals surface area contributed by atoms with Crippen molar-refractivity contribution in [3.05, 3.63) is 17.0 Å². The largest absolute Gasteiger partial charge is 0.354 e. The molecule has 0 aliphatic carbocycles. The topological polar surface area (TPSA) is 72.9 Å². The highest BCUT2D eigenvalue weighted by molar-refractivity contribution is 5.79. The lowest BCUT2D eigenvalue weighted by Gasteiger charge is -2.18. The van der Waals surface area contributed by atoms with E-state index in [4.69, 9.17) is 5.73 Å². The summed E-state index contributed by atoms with van der Waals surface area (Å²) in [6, 6.07) is 0. The number of amides is 1. The Morgan fingerprint density at radius 1 is 1.40 bits per heavy atom. The Bertz CT molecular complexity index is 469. The number of nitrogens with two attached hydrogens (primary N) is 1. The van der Waals surface area contributed by atoms with E-state index in [0.29, 0.717) is 18.9 Å². The second-order valence-corrected chi connectivity index (χ2v) is 6.67. The lowest BCUT2D eigenvalue weighted by atomic mass is 10.1. The summed E-state index contributed by atoms with van der Waals surface area (Å²) in [5.74, 6) is 0.534. The van der Waals surface area contributed by atoms with Crippen molar-refractivity contribution in [1.29, 1.82) is 0 Å². The number of hydrogen-bond acceptors (Lipinski definition) is 3. The molecule has 0 radical (unpaired) electrons. The molecule has 1 rings (SSSR count). The van der Waals surface area contributed by atoms with Crippen molar-refractivity contribution in [3.8, 4) is 0 Å². The molecule has 0 saturated heterocycles. The van der Waals surface area contributed by atoms with Gasteiger partial charge in [-0.2, -0.15) is 5.10 Å².